The molecule has 0 bridgehead atoms. The number of hydrogen-bond donors (Lipinski definition) is 1. The van der Waals surface area contributed by atoms with Gasteiger partial charge in [0, 0.05) is 11.3 Å². The quantitative estimate of drug-likeness (QED) is 0.426. The number of rotatable bonds is 4. The Balaban J connectivity index is 1.20. The van der Waals surface area contributed by atoms with Crippen LogP contribution in [0.3, 0.4) is 0 Å². The molecule has 0 saturated carbocycles. The van der Waals surface area contributed by atoms with Gasteiger partial charge in [-0.05, 0) is 66.7 Å². The molecule has 37 heavy (non-hydrogen) atoms. The van der Waals surface area contributed by atoms with Crippen molar-refractivity contribution in [2.45, 2.75) is 0 Å². The average Bonchev–Trinajstić information content (AvgIpc) is 3.33. The van der Waals surface area contributed by atoms with Crippen LogP contribution in [0.2, 0.25) is 0 Å². The molecule has 2 aliphatic heterocycles. The molecular formula is C29H17N3O5. The standard InChI is InChI=1S/C29H17N3O5/c33-25(17-12-14-19(15-13-17)31-26(34)21-8-1-2-9-22(21)27(31)35)30-18-6-5-7-20(16-18)32-28(36)23-10-3-4-11-24(23)29(32)37/h1-16H,(H,30,33). The zero-order chi connectivity index (χ0) is 25.7. The number of nitrogens with zero attached hydrogens (tertiary/aromatic N) is 2. The first-order valence-electron chi connectivity index (χ1n) is 11.4. The van der Waals surface area contributed by atoms with Crippen LogP contribution in [-0.4, -0.2) is 29.5 Å². The molecule has 6 rings (SSSR count). The minimum absolute atomic E-state index is 0.298. The van der Waals surface area contributed by atoms with Crippen molar-refractivity contribution in [3.8, 4) is 0 Å². The lowest BCUT2D eigenvalue weighted by atomic mass is 10.1. The zero-order valence-corrected chi connectivity index (χ0v) is 19.2. The highest BCUT2D eigenvalue weighted by molar-refractivity contribution is 6.35. The van der Waals surface area contributed by atoms with Gasteiger partial charge in [0.25, 0.3) is 29.5 Å². The first kappa shape index (κ1) is 22.1. The van der Waals surface area contributed by atoms with Crippen molar-refractivity contribution >= 4 is 46.6 Å². The van der Waals surface area contributed by atoms with Crippen LogP contribution in [0.4, 0.5) is 17.1 Å². The van der Waals surface area contributed by atoms with Crippen LogP contribution >= 0.6 is 0 Å². The number of hydrogen-bond acceptors (Lipinski definition) is 5. The van der Waals surface area contributed by atoms with Gasteiger partial charge in [0.1, 0.15) is 0 Å². The second kappa shape index (κ2) is 8.39. The van der Waals surface area contributed by atoms with E-state index in [-0.39, 0.29) is 0 Å². The molecule has 0 fully saturated rings. The summed E-state index contributed by atoms with van der Waals surface area (Å²) in [6.07, 6.45) is 0. The van der Waals surface area contributed by atoms with Crippen molar-refractivity contribution in [1.29, 1.82) is 0 Å². The molecular weight excluding hydrogens is 470 g/mol. The van der Waals surface area contributed by atoms with E-state index in [4.69, 9.17) is 0 Å². The Kier molecular flexibility index (Phi) is 5.01. The van der Waals surface area contributed by atoms with Gasteiger partial charge in [-0.1, -0.05) is 30.3 Å². The lowest BCUT2D eigenvalue weighted by Gasteiger charge is -2.16. The Morgan fingerprint density at radius 2 is 0.973 bits per heavy atom. The highest BCUT2D eigenvalue weighted by Crippen LogP contribution is 2.31. The largest absolute Gasteiger partial charge is 0.322 e. The molecule has 2 aliphatic rings. The van der Waals surface area contributed by atoms with Crippen LogP contribution in [0.25, 0.3) is 0 Å². The van der Waals surface area contributed by atoms with E-state index in [1.165, 1.54) is 24.3 Å². The summed E-state index contributed by atoms with van der Waals surface area (Å²) in [5.41, 5.74) is 2.73. The molecule has 0 spiro atoms. The normalized spacial score (nSPS) is 14.2. The lowest BCUT2D eigenvalue weighted by Crippen LogP contribution is -2.29. The molecule has 8 nitrogen and oxygen atoms in total. The first-order valence-corrected chi connectivity index (χ1v) is 11.4. The minimum Gasteiger partial charge on any atom is -0.322 e. The number of benzene rings is 4. The fourth-order valence-electron chi connectivity index (χ4n) is 4.54. The smallest absolute Gasteiger partial charge is 0.266 e. The number of carbonyl (C=O) groups excluding carboxylic acids is 5. The Hall–Kier alpha value is -5.37. The lowest BCUT2D eigenvalue weighted by molar-refractivity contribution is 0.0910. The van der Waals surface area contributed by atoms with Gasteiger partial charge in [-0.3, -0.25) is 24.0 Å². The molecule has 4 aromatic rings. The predicted molar refractivity (Wildman–Crippen MR) is 136 cm³/mol. The molecule has 8 heteroatoms. The summed E-state index contributed by atoms with van der Waals surface area (Å²) in [7, 11) is 0. The summed E-state index contributed by atoms with van der Waals surface area (Å²) in [6, 6.07) is 25.8. The van der Waals surface area contributed by atoms with Gasteiger partial charge in [-0.25, -0.2) is 9.80 Å². The summed E-state index contributed by atoms with van der Waals surface area (Å²) < 4.78 is 0. The number of anilines is 3. The Morgan fingerprint density at radius 3 is 1.46 bits per heavy atom. The Morgan fingerprint density at radius 1 is 0.514 bits per heavy atom. The predicted octanol–water partition coefficient (Wildman–Crippen LogP) is 4.54. The summed E-state index contributed by atoms with van der Waals surface area (Å²) >= 11 is 0. The van der Waals surface area contributed by atoms with Gasteiger partial charge in [0.05, 0.1) is 33.6 Å². The zero-order valence-electron chi connectivity index (χ0n) is 19.2. The van der Waals surface area contributed by atoms with E-state index < -0.39 is 29.5 Å². The summed E-state index contributed by atoms with van der Waals surface area (Å²) in [5, 5.41) is 2.76. The molecule has 4 aromatic carbocycles. The molecule has 1 N–H and O–H groups in total. The third-order valence-electron chi connectivity index (χ3n) is 6.34. The van der Waals surface area contributed by atoms with Gasteiger partial charge in [0.2, 0.25) is 0 Å². The van der Waals surface area contributed by atoms with E-state index in [1.807, 2.05) is 0 Å². The molecule has 0 radical (unpaired) electrons. The SMILES string of the molecule is O=C(Nc1cccc(N2C(=O)c3ccccc3C2=O)c1)c1ccc(N2C(=O)c3ccccc3C2=O)cc1. The highest BCUT2D eigenvalue weighted by atomic mass is 16.2. The number of imide groups is 2. The molecule has 0 aromatic heterocycles. The van der Waals surface area contributed by atoms with Gasteiger partial charge < -0.3 is 5.32 Å². The van der Waals surface area contributed by atoms with Crippen molar-refractivity contribution in [2.75, 3.05) is 15.1 Å². The van der Waals surface area contributed by atoms with Crippen LogP contribution in [0.15, 0.2) is 97.1 Å². The highest BCUT2D eigenvalue weighted by Gasteiger charge is 2.37. The fourth-order valence-corrected chi connectivity index (χ4v) is 4.54. The second-order valence-corrected chi connectivity index (χ2v) is 8.53. The third-order valence-corrected chi connectivity index (χ3v) is 6.34. The molecule has 0 unspecified atom stereocenters. The van der Waals surface area contributed by atoms with Crippen molar-refractivity contribution in [3.63, 3.8) is 0 Å². The maximum Gasteiger partial charge on any atom is 0.266 e. The number of fused-ring (bicyclic) bond motifs is 2. The molecule has 178 valence electrons. The maximum absolute atomic E-state index is 12.9. The van der Waals surface area contributed by atoms with Crippen LogP contribution in [0.5, 0.6) is 0 Å². The number of amides is 5. The van der Waals surface area contributed by atoms with E-state index >= 15 is 0 Å². The van der Waals surface area contributed by atoms with Gasteiger partial charge in [0.15, 0.2) is 0 Å². The van der Waals surface area contributed by atoms with E-state index in [1.54, 1.807) is 72.8 Å². The Bertz CT molecular complexity index is 1590. The molecule has 0 saturated heterocycles. The molecule has 0 aliphatic carbocycles. The summed E-state index contributed by atoms with van der Waals surface area (Å²) in [4.78, 5) is 66.0. The number of carbonyl (C=O) groups is 5. The van der Waals surface area contributed by atoms with E-state index in [9.17, 15) is 24.0 Å². The van der Waals surface area contributed by atoms with Crippen LogP contribution in [0.1, 0.15) is 51.8 Å². The van der Waals surface area contributed by atoms with Crippen molar-refractivity contribution in [3.05, 3.63) is 125 Å². The van der Waals surface area contributed by atoms with Crippen LogP contribution in [-0.2, 0) is 0 Å². The minimum atomic E-state index is -0.437. The van der Waals surface area contributed by atoms with Crippen molar-refractivity contribution < 1.29 is 24.0 Å². The van der Waals surface area contributed by atoms with Crippen LogP contribution in [0, 0.1) is 0 Å². The van der Waals surface area contributed by atoms with Crippen molar-refractivity contribution in [2.24, 2.45) is 0 Å². The summed E-state index contributed by atoms with van der Waals surface area (Å²) in [6.45, 7) is 0. The summed E-state index contributed by atoms with van der Waals surface area (Å²) in [5.74, 6) is -2.11. The second-order valence-electron chi connectivity index (χ2n) is 8.53. The first-order chi connectivity index (χ1) is 17.9. The van der Waals surface area contributed by atoms with E-state index in [0.29, 0.717) is 44.9 Å². The fraction of sp³-hybridized carbons (Fsp3) is 0. The maximum atomic E-state index is 12.9. The molecule has 2 heterocycles. The van der Waals surface area contributed by atoms with E-state index in [2.05, 4.69) is 5.32 Å². The average molecular weight is 487 g/mol. The number of nitrogens with one attached hydrogen (secondary N) is 1. The van der Waals surface area contributed by atoms with E-state index in [0.717, 1.165) is 9.80 Å². The van der Waals surface area contributed by atoms with Gasteiger partial charge in [-0.2, -0.15) is 0 Å². The molecule has 0 atom stereocenters. The topological polar surface area (TPSA) is 104 Å². The van der Waals surface area contributed by atoms with Gasteiger partial charge >= 0.3 is 0 Å². The molecule has 5 amide bonds. The van der Waals surface area contributed by atoms with Gasteiger partial charge in [-0.15, -0.1) is 0 Å². The Labute approximate surface area is 210 Å². The third kappa shape index (κ3) is 3.51. The van der Waals surface area contributed by atoms with Crippen molar-refractivity contribution in [1.82, 2.24) is 0 Å². The monoisotopic (exact) mass is 487 g/mol. The van der Waals surface area contributed by atoms with Crippen LogP contribution < -0.4 is 15.1 Å².